The summed E-state index contributed by atoms with van der Waals surface area (Å²) in [4.78, 5) is 16.1. The Morgan fingerprint density at radius 2 is 1.86 bits per heavy atom. The number of anilines is 1. The van der Waals surface area contributed by atoms with Crippen molar-refractivity contribution < 1.29 is 0 Å². The van der Waals surface area contributed by atoms with Crippen LogP contribution < -0.4 is 10.9 Å². The summed E-state index contributed by atoms with van der Waals surface area (Å²) in [7, 11) is 0. The van der Waals surface area contributed by atoms with Crippen LogP contribution in [-0.4, -0.2) is 16.1 Å². The smallest absolute Gasteiger partial charge is 0.269 e. The number of nitrogens with one attached hydrogen (secondary N) is 1. The predicted molar refractivity (Wildman–Crippen MR) is 85.9 cm³/mol. The van der Waals surface area contributed by atoms with Crippen LogP contribution in [0.1, 0.15) is 0 Å². The van der Waals surface area contributed by atoms with Crippen LogP contribution in [0.25, 0.3) is 11.0 Å². The number of para-hydroxylation sites is 3. The van der Waals surface area contributed by atoms with Gasteiger partial charge in [0.2, 0.25) is 0 Å². The first-order valence-electron chi connectivity index (χ1n) is 6.69. The maximum Gasteiger partial charge on any atom is 0.269 e. The molecule has 4 nitrogen and oxygen atoms in total. The lowest BCUT2D eigenvalue weighted by Crippen LogP contribution is -2.24. The number of aromatic nitrogens is 2. The number of nitrogens with zero attached hydrogens (tertiary/aromatic N) is 2. The van der Waals surface area contributed by atoms with E-state index < -0.39 is 0 Å². The maximum atomic E-state index is 12.0. The van der Waals surface area contributed by atoms with Crippen molar-refractivity contribution >= 4 is 28.3 Å². The highest BCUT2D eigenvalue weighted by Gasteiger charge is 2.04. The third-order valence-corrected chi connectivity index (χ3v) is 3.61. The molecule has 0 aliphatic carbocycles. The van der Waals surface area contributed by atoms with Crippen LogP contribution >= 0.6 is 11.6 Å². The topological polar surface area (TPSA) is 46.9 Å². The summed E-state index contributed by atoms with van der Waals surface area (Å²) in [5.74, 6) is 0. The van der Waals surface area contributed by atoms with Crippen molar-refractivity contribution in [2.24, 2.45) is 0 Å². The third kappa shape index (κ3) is 2.90. The van der Waals surface area contributed by atoms with Crippen molar-refractivity contribution in [2.45, 2.75) is 6.54 Å². The van der Waals surface area contributed by atoms with Crippen LogP contribution in [0.3, 0.4) is 0 Å². The Morgan fingerprint density at radius 1 is 1.10 bits per heavy atom. The monoisotopic (exact) mass is 299 g/mol. The second-order valence-electron chi connectivity index (χ2n) is 4.64. The van der Waals surface area contributed by atoms with E-state index in [0.717, 1.165) is 16.7 Å². The molecule has 0 amide bonds. The van der Waals surface area contributed by atoms with E-state index >= 15 is 0 Å². The predicted octanol–water partition coefficient (Wildman–Crippen LogP) is 3.16. The Kier molecular flexibility index (Phi) is 3.88. The van der Waals surface area contributed by atoms with Crippen molar-refractivity contribution in [3.8, 4) is 0 Å². The van der Waals surface area contributed by atoms with E-state index in [-0.39, 0.29) is 5.56 Å². The zero-order valence-electron chi connectivity index (χ0n) is 11.3. The van der Waals surface area contributed by atoms with Gasteiger partial charge in [-0.3, -0.25) is 4.79 Å². The molecule has 0 saturated carbocycles. The van der Waals surface area contributed by atoms with Gasteiger partial charge in [0.15, 0.2) is 0 Å². The van der Waals surface area contributed by atoms with E-state index in [1.165, 1.54) is 6.20 Å². The van der Waals surface area contributed by atoms with Gasteiger partial charge < -0.3 is 9.88 Å². The van der Waals surface area contributed by atoms with Crippen LogP contribution in [-0.2, 0) is 6.54 Å². The van der Waals surface area contributed by atoms with Crippen molar-refractivity contribution in [3.05, 3.63) is 70.1 Å². The summed E-state index contributed by atoms with van der Waals surface area (Å²) in [6.07, 6.45) is 1.36. The molecule has 0 fully saturated rings. The van der Waals surface area contributed by atoms with Crippen molar-refractivity contribution in [3.63, 3.8) is 0 Å². The van der Waals surface area contributed by atoms with Gasteiger partial charge in [-0.05, 0) is 24.3 Å². The summed E-state index contributed by atoms with van der Waals surface area (Å²) >= 11 is 6.09. The zero-order valence-corrected chi connectivity index (χ0v) is 12.0. The van der Waals surface area contributed by atoms with Gasteiger partial charge >= 0.3 is 0 Å². The Labute approximate surface area is 127 Å². The Bertz CT molecular complexity index is 829. The highest BCUT2D eigenvalue weighted by molar-refractivity contribution is 6.33. The summed E-state index contributed by atoms with van der Waals surface area (Å²) in [5, 5.41) is 3.91. The van der Waals surface area contributed by atoms with Crippen molar-refractivity contribution in [1.29, 1.82) is 0 Å². The molecule has 0 saturated heterocycles. The fourth-order valence-electron chi connectivity index (χ4n) is 2.25. The lowest BCUT2D eigenvalue weighted by atomic mass is 10.3. The van der Waals surface area contributed by atoms with Crippen LogP contribution in [0, 0.1) is 0 Å². The van der Waals surface area contributed by atoms with Gasteiger partial charge in [0.05, 0.1) is 27.9 Å². The molecule has 3 rings (SSSR count). The average molecular weight is 300 g/mol. The number of hydrogen-bond acceptors (Lipinski definition) is 3. The van der Waals surface area contributed by atoms with Crippen LogP contribution in [0.15, 0.2) is 59.5 Å². The summed E-state index contributed by atoms with van der Waals surface area (Å²) in [6.45, 7) is 1.16. The molecule has 21 heavy (non-hydrogen) atoms. The molecular weight excluding hydrogens is 286 g/mol. The van der Waals surface area contributed by atoms with Gasteiger partial charge in [-0.15, -0.1) is 0 Å². The molecule has 0 radical (unpaired) electrons. The number of benzene rings is 2. The van der Waals surface area contributed by atoms with E-state index in [9.17, 15) is 4.79 Å². The Balaban J connectivity index is 1.81. The Hall–Kier alpha value is -2.33. The normalized spacial score (nSPS) is 10.7. The lowest BCUT2D eigenvalue weighted by molar-refractivity contribution is 0.721. The fraction of sp³-hybridized carbons (Fsp3) is 0.125. The first-order chi connectivity index (χ1) is 10.3. The average Bonchev–Trinajstić information content (AvgIpc) is 2.51. The van der Waals surface area contributed by atoms with Gasteiger partial charge in [0.1, 0.15) is 0 Å². The summed E-state index contributed by atoms with van der Waals surface area (Å²) in [6, 6.07) is 15.2. The molecule has 2 aromatic carbocycles. The minimum absolute atomic E-state index is 0.102. The minimum Gasteiger partial charge on any atom is -0.382 e. The number of halogens is 1. The standard InChI is InChI=1S/C16H14ClN3O/c17-12-5-1-2-6-13(12)18-9-10-20-15-8-4-3-7-14(15)19-11-16(20)21/h1-8,11,18H,9-10H2. The third-order valence-electron chi connectivity index (χ3n) is 3.28. The van der Waals surface area contributed by atoms with Crippen molar-refractivity contribution in [1.82, 2.24) is 9.55 Å². The van der Waals surface area contributed by atoms with Gasteiger partial charge in [0.25, 0.3) is 5.56 Å². The van der Waals surface area contributed by atoms with Crippen molar-refractivity contribution in [2.75, 3.05) is 11.9 Å². The second-order valence-corrected chi connectivity index (χ2v) is 5.05. The lowest BCUT2D eigenvalue weighted by Gasteiger charge is -2.11. The molecule has 0 aliphatic rings. The zero-order chi connectivity index (χ0) is 14.7. The van der Waals surface area contributed by atoms with E-state index in [4.69, 9.17) is 11.6 Å². The molecule has 1 N–H and O–H groups in total. The van der Waals surface area contributed by atoms with E-state index in [1.807, 2.05) is 48.5 Å². The number of fused-ring (bicyclic) bond motifs is 1. The largest absolute Gasteiger partial charge is 0.382 e. The highest BCUT2D eigenvalue weighted by atomic mass is 35.5. The van der Waals surface area contributed by atoms with E-state index in [2.05, 4.69) is 10.3 Å². The highest BCUT2D eigenvalue weighted by Crippen LogP contribution is 2.20. The molecule has 1 aromatic heterocycles. The molecule has 3 aromatic rings. The molecule has 0 unspecified atom stereocenters. The van der Waals surface area contributed by atoms with E-state index in [0.29, 0.717) is 18.1 Å². The SMILES string of the molecule is O=c1cnc2ccccc2n1CCNc1ccccc1Cl. The molecule has 0 spiro atoms. The van der Waals surface area contributed by atoms with E-state index in [1.54, 1.807) is 4.57 Å². The fourth-order valence-corrected chi connectivity index (χ4v) is 2.45. The Morgan fingerprint density at radius 3 is 2.71 bits per heavy atom. The van der Waals surface area contributed by atoms with Gasteiger partial charge in [-0.1, -0.05) is 35.9 Å². The quantitative estimate of drug-likeness (QED) is 0.805. The van der Waals surface area contributed by atoms with Gasteiger partial charge in [0, 0.05) is 13.1 Å². The van der Waals surface area contributed by atoms with Crippen LogP contribution in [0.5, 0.6) is 0 Å². The molecule has 0 atom stereocenters. The first kappa shape index (κ1) is 13.6. The van der Waals surface area contributed by atoms with Gasteiger partial charge in [-0.2, -0.15) is 0 Å². The molecule has 106 valence electrons. The number of hydrogen-bond donors (Lipinski definition) is 1. The maximum absolute atomic E-state index is 12.0. The number of rotatable bonds is 4. The van der Waals surface area contributed by atoms with Gasteiger partial charge in [-0.25, -0.2) is 4.98 Å². The molecule has 0 aliphatic heterocycles. The van der Waals surface area contributed by atoms with Crippen LogP contribution in [0.4, 0.5) is 5.69 Å². The molecular formula is C16H14ClN3O. The van der Waals surface area contributed by atoms with Crippen LogP contribution in [0.2, 0.25) is 5.02 Å². The summed E-state index contributed by atoms with van der Waals surface area (Å²) in [5.41, 5.74) is 2.42. The molecule has 0 bridgehead atoms. The first-order valence-corrected chi connectivity index (χ1v) is 7.06. The minimum atomic E-state index is -0.102. The molecule has 5 heteroatoms. The second kappa shape index (κ2) is 5.97. The summed E-state index contributed by atoms with van der Waals surface area (Å²) < 4.78 is 1.71. The molecule has 1 heterocycles.